The van der Waals surface area contributed by atoms with Gasteiger partial charge in [0.1, 0.15) is 36.6 Å². The molecule has 0 aromatic carbocycles. The minimum atomic E-state index is -1.66. The average Bonchev–Trinajstić information content (AvgIpc) is 3.28. The highest BCUT2D eigenvalue weighted by atomic mass is 16.7. The van der Waals surface area contributed by atoms with Crippen LogP contribution in [0.4, 0.5) is 0 Å². The Balaban J connectivity index is 2.18. The molecule has 372 valence electrons. The van der Waals surface area contributed by atoms with Crippen molar-refractivity contribution in [2.45, 2.75) is 287 Å². The Morgan fingerprint density at radius 2 is 0.952 bits per heavy atom. The molecule has 0 spiro atoms. The molecule has 0 radical (unpaired) electrons. The lowest BCUT2D eigenvalue weighted by Crippen LogP contribution is -2.60. The first-order valence-electron chi connectivity index (χ1n) is 26.2. The molecule has 11 heteroatoms. The third kappa shape index (κ3) is 31.2. The molecule has 0 aliphatic carbocycles. The van der Waals surface area contributed by atoms with E-state index in [0.717, 1.165) is 44.9 Å². The quantitative estimate of drug-likeness (QED) is 0.0216. The van der Waals surface area contributed by atoms with Gasteiger partial charge in [-0.3, -0.25) is 4.79 Å². The Bertz CT molecular complexity index is 1080. The molecule has 8 N–H and O–H groups in total. The molecule has 1 saturated heterocycles. The fourth-order valence-electron chi connectivity index (χ4n) is 8.36. The van der Waals surface area contributed by atoms with E-state index < -0.39 is 74.2 Å². The van der Waals surface area contributed by atoms with E-state index in [0.29, 0.717) is 12.8 Å². The summed E-state index contributed by atoms with van der Waals surface area (Å²) in [6.07, 6.45) is 37.3. The van der Waals surface area contributed by atoms with Gasteiger partial charge >= 0.3 is 0 Å². The van der Waals surface area contributed by atoms with E-state index in [1.165, 1.54) is 148 Å². The lowest BCUT2D eigenvalue weighted by atomic mass is 9.98. The Kier molecular flexibility index (Phi) is 39.7. The Labute approximate surface area is 384 Å². The van der Waals surface area contributed by atoms with Gasteiger partial charge in [0.05, 0.1) is 25.4 Å². The number of amides is 1. The summed E-state index contributed by atoms with van der Waals surface area (Å²) in [5, 5.41) is 75.4. The van der Waals surface area contributed by atoms with Crippen LogP contribution < -0.4 is 5.32 Å². The number of ether oxygens (including phenoxy) is 2. The lowest BCUT2D eigenvalue weighted by molar-refractivity contribution is -0.303. The number of carbonyl (C=O) groups is 1. The van der Waals surface area contributed by atoms with Crippen molar-refractivity contribution < 1.29 is 50.0 Å². The summed E-state index contributed by atoms with van der Waals surface area (Å²) in [5.74, 6) is -0.709. The zero-order valence-electron chi connectivity index (χ0n) is 40.3. The van der Waals surface area contributed by atoms with Crippen LogP contribution in [-0.2, 0) is 14.3 Å². The topological polar surface area (TPSA) is 189 Å². The monoisotopic (exact) mass is 898 g/mol. The molecule has 63 heavy (non-hydrogen) atoms. The highest BCUT2D eigenvalue weighted by Crippen LogP contribution is 2.23. The second-order valence-electron chi connectivity index (χ2n) is 18.6. The van der Waals surface area contributed by atoms with E-state index in [1.807, 2.05) is 0 Å². The molecule has 0 aromatic heterocycles. The van der Waals surface area contributed by atoms with Gasteiger partial charge in [0.25, 0.3) is 0 Å². The lowest BCUT2D eigenvalue weighted by Gasteiger charge is -2.40. The van der Waals surface area contributed by atoms with Crippen molar-refractivity contribution in [3.05, 3.63) is 24.3 Å². The molecular formula is C52H99NO10. The van der Waals surface area contributed by atoms with E-state index in [9.17, 15) is 40.5 Å². The molecule has 1 aliphatic heterocycles. The number of hydrogen-bond acceptors (Lipinski definition) is 10. The molecule has 0 aromatic rings. The molecule has 9 unspecified atom stereocenters. The van der Waals surface area contributed by atoms with Gasteiger partial charge in [0.2, 0.25) is 5.91 Å². The van der Waals surface area contributed by atoms with E-state index in [-0.39, 0.29) is 12.8 Å². The van der Waals surface area contributed by atoms with Crippen LogP contribution in [0.5, 0.6) is 0 Å². The largest absolute Gasteiger partial charge is 0.394 e. The average molecular weight is 898 g/mol. The molecular weight excluding hydrogens is 799 g/mol. The van der Waals surface area contributed by atoms with E-state index in [1.54, 1.807) is 0 Å². The van der Waals surface area contributed by atoms with Crippen LogP contribution in [-0.4, -0.2) is 110 Å². The number of unbranched alkanes of at least 4 members (excludes halogenated alkanes) is 28. The molecule has 1 amide bonds. The highest BCUT2D eigenvalue weighted by molar-refractivity contribution is 5.80. The minimum Gasteiger partial charge on any atom is -0.394 e. The molecule has 1 aliphatic rings. The van der Waals surface area contributed by atoms with Crippen molar-refractivity contribution >= 4 is 5.91 Å². The maximum Gasteiger partial charge on any atom is 0.249 e. The third-order valence-electron chi connectivity index (χ3n) is 12.7. The van der Waals surface area contributed by atoms with E-state index in [4.69, 9.17) is 9.47 Å². The first kappa shape index (κ1) is 59.6. The van der Waals surface area contributed by atoms with Crippen molar-refractivity contribution in [1.29, 1.82) is 0 Å². The predicted molar refractivity (Wildman–Crippen MR) is 256 cm³/mol. The zero-order chi connectivity index (χ0) is 46.2. The van der Waals surface area contributed by atoms with Gasteiger partial charge in [-0.1, -0.05) is 199 Å². The summed E-state index contributed by atoms with van der Waals surface area (Å²) in [6.45, 7) is 3.34. The van der Waals surface area contributed by atoms with Gasteiger partial charge in [-0.15, -0.1) is 0 Å². The van der Waals surface area contributed by atoms with Crippen LogP contribution in [0, 0.1) is 0 Å². The summed E-state index contributed by atoms with van der Waals surface area (Å²) < 4.78 is 11.0. The third-order valence-corrected chi connectivity index (χ3v) is 12.7. The molecule has 9 atom stereocenters. The van der Waals surface area contributed by atoms with Crippen molar-refractivity contribution in [1.82, 2.24) is 5.32 Å². The molecule has 1 heterocycles. The van der Waals surface area contributed by atoms with Gasteiger partial charge in [0.15, 0.2) is 6.29 Å². The van der Waals surface area contributed by atoms with Crippen LogP contribution in [0.3, 0.4) is 0 Å². The smallest absolute Gasteiger partial charge is 0.249 e. The normalized spacial score (nSPS) is 21.3. The first-order chi connectivity index (χ1) is 30.7. The Hall–Kier alpha value is -1.41. The zero-order valence-corrected chi connectivity index (χ0v) is 40.3. The van der Waals surface area contributed by atoms with Gasteiger partial charge in [-0.25, -0.2) is 0 Å². The van der Waals surface area contributed by atoms with Crippen LogP contribution >= 0.6 is 0 Å². The SMILES string of the molecule is CCCC/C=C/CCCC(O)C(O)C(COC1OC(CO)C(O)C(O)C1O)NC(=O)C(O)CCCCCCCCCCCCCCC/C=C\CCCCCCCCCCCCCC. The summed E-state index contributed by atoms with van der Waals surface area (Å²) in [7, 11) is 0. The fourth-order valence-corrected chi connectivity index (χ4v) is 8.36. The molecule has 0 saturated carbocycles. The van der Waals surface area contributed by atoms with Crippen molar-refractivity contribution in [2.75, 3.05) is 13.2 Å². The molecule has 1 rings (SSSR count). The molecule has 0 bridgehead atoms. The van der Waals surface area contributed by atoms with Gasteiger partial charge < -0.3 is 50.5 Å². The van der Waals surface area contributed by atoms with Gasteiger partial charge in [-0.05, 0) is 57.8 Å². The minimum absolute atomic E-state index is 0.255. The summed E-state index contributed by atoms with van der Waals surface area (Å²) in [5.41, 5.74) is 0. The predicted octanol–water partition coefficient (Wildman–Crippen LogP) is 9.79. The molecule has 11 nitrogen and oxygen atoms in total. The number of aliphatic hydroxyl groups is 7. The Morgan fingerprint density at radius 3 is 1.41 bits per heavy atom. The van der Waals surface area contributed by atoms with Crippen molar-refractivity contribution in [3.63, 3.8) is 0 Å². The van der Waals surface area contributed by atoms with E-state index in [2.05, 4.69) is 43.5 Å². The van der Waals surface area contributed by atoms with Crippen molar-refractivity contribution in [2.24, 2.45) is 0 Å². The second-order valence-corrected chi connectivity index (χ2v) is 18.6. The van der Waals surface area contributed by atoms with E-state index >= 15 is 0 Å². The van der Waals surface area contributed by atoms with Gasteiger partial charge in [-0.2, -0.15) is 0 Å². The number of aliphatic hydroxyl groups excluding tert-OH is 7. The second kappa shape index (κ2) is 42.0. The summed E-state index contributed by atoms with van der Waals surface area (Å²) in [6, 6.07) is -1.18. The van der Waals surface area contributed by atoms with Crippen LogP contribution in [0.25, 0.3) is 0 Å². The number of rotatable bonds is 44. The van der Waals surface area contributed by atoms with Gasteiger partial charge in [0, 0.05) is 0 Å². The maximum absolute atomic E-state index is 13.1. The fraction of sp³-hybridized carbons (Fsp3) is 0.904. The van der Waals surface area contributed by atoms with Crippen LogP contribution in [0.2, 0.25) is 0 Å². The number of carbonyl (C=O) groups excluding carboxylic acids is 1. The molecule has 1 fully saturated rings. The standard InChI is InChI=1S/C52H99NO10/c1-3-5-7-9-11-12-13-14-15-16-17-18-19-20-21-22-23-24-25-26-27-28-29-30-31-32-34-36-38-40-45(56)51(61)53-43(47(57)44(55)39-37-35-33-10-8-6-4-2)42-62-52-50(60)49(59)48(58)46(41-54)63-52/h10,20-21,33,43-50,52,54-60H,3-9,11-19,22-32,34-42H2,1-2H3,(H,53,61)/b21-20-,33-10+. The van der Waals surface area contributed by atoms with Crippen LogP contribution in [0.15, 0.2) is 24.3 Å². The summed E-state index contributed by atoms with van der Waals surface area (Å²) in [4.78, 5) is 13.1. The Morgan fingerprint density at radius 1 is 0.540 bits per heavy atom. The number of hydrogen-bond donors (Lipinski definition) is 8. The highest BCUT2D eigenvalue weighted by Gasteiger charge is 2.44. The van der Waals surface area contributed by atoms with Crippen LogP contribution in [0.1, 0.15) is 232 Å². The first-order valence-corrected chi connectivity index (χ1v) is 26.2. The van der Waals surface area contributed by atoms with Crippen molar-refractivity contribution in [3.8, 4) is 0 Å². The number of allylic oxidation sites excluding steroid dienone is 4. The summed E-state index contributed by atoms with van der Waals surface area (Å²) >= 11 is 0. The maximum atomic E-state index is 13.1. The number of nitrogens with one attached hydrogen (secondary N) is 1.